The van der Waals surface area contributed by atoms with Gasteiger partial charge in [0.25, 0.3) is 0 Å². The van der Waals surface area contributed by atoms with E-state index in [-0.39, 0.29) is 23.3 Å². The highest BCUT2D eigenvalue weighted by molar-refractivity contribution is 6.32. The zero-order valence-corrected chi connectivity index (χ0v) is 20.4. The smallest absolute Gasteiger partial charge is 0.425 e. The van der Waals surface area contributed by atoms with Crippen LogP contribution in [0, 0.1) is 5.92 Å². The molecule has 0 saturated carbocycles. The number of rotatable bonds is 8. The number of ether oxygens (including phenoxy) is 3. The molecule has 0 spiro atoms. The number of carboxylic acids is 1. The first-order valence-electron chi connectivity index (χ1n) is 11.6. The van der Waals surface area contributed by atoms with Crippen molar-refractivity contribution in [1.29, 1.82) is 0 Å². The Morgan fingerprint density at radius 3 is 2.64 bits per heavy atom. The Balaban J connectivity index is 1.32. The number of hydrogen-bond acceptors (Lipinski definition) is 5. The second kappa shape index (κ2) is 11.0. The Bertz CT molecular complexity index is 1130. The molecule has 36 heavy (non-hydrogen) atoms. The van der Waals surface area contributed by atoms with Gasteiger partial charge in [0.15, 0.2) is 6.10 Å². The molecular formula is C26H27ClF3NO5. The van der Waals surface area contributed by atoms with Crippen LogP contribution >= 0.6 is 11.6 Å². The first-order valence-corrected chi connectivity index (χ1v) is 12.0. The number of halogens is 4. The maximum Gasteiger partial charge on any atom is 0.425 e. The molecule has 2 aliphatic rings. The van der Waals surface area contributed by atoms with Crippen LogP contribution in [-0.2, 0) is 11.4 Å². The van der Waals surface area contributed by atoms with Gasteiger partial charge >= 0.3 is 12.1 Å². The third-order valence-electron chi connectivity index (χ3n) is 6.29. The lowest BCUT2D eigenvalue weighted by molar-refractivity contribution is -0.189. The predicted molar refractivity (Wildman–Crippen MR) is 129 cm³/mol. The highest BCUT2D eigenvalue weighted by Gasteiger charge is 2.38. The zero-order chi connectivity index (χ0) is 25.9. The lowest BCUT2D eigenvalue weighted by atomic mass is 9.96. The summed E-state index contributed by atoms with van der Waals surface area (Å²) < 4.78 is 54.8. The Morgan fingerprint density at radius 1 is 1.22 bits per heavy atom. The number of likely N-dealkylation sites (tertiary alicyclic amines) is 1. The summed E-state index contributed by atoms with van der Waals surface area (Å²) >= 11 is 6.10. The highest BCUT2D eigenvalue weighted by atomic mass is 35.5. The van der Waals surface area contributed by atoms with E-state index in [2.05, 4.69) is 11.0 Å². The maximum absolute atomic E-state index is 12.7. The molecule has 2 aliphatic heterocycles. The summed E-state index contributed by atoms with van der Waals surface area (Å²) in [6.45, 7) is 3.79. The molecule has 1 atom stereocenters. The van der Waals surface area contributed by atoms with Crippen molar-refractivity contribution >= 4 is 23.6 Å². The van der Waals surface area contributed by atoms with Crippen LogP contribution in [-0.4, -0.2) is 54.5 Å². The van der Waals surface area contributed by atoms with Gasteiger partial charge in [-0.25, -0.2) is 0 Å². The van der Waals surface area contributed by atoms with Gasteiger partial charge in [0.2, 0.25) is 0 Å². The summed E-state index contributed by atoms with van der Waals surface area (Å²) in [7, 11) is 0. The normalized spacial score (nSPS) is 17.5. The fourth-order valence-corrected chi connectivity index (χ4v) is 4.40. The van der Waals surface area contributed by atoms with Crippen LogP contribution in [0.15, 0.2) is 42.0 Å². The number of alkyl halides is 3. The van der Waals surface area contributed by atoms with Crippen LogP contribution in [0.1, 0.15) is 30.9 Å². The summed E-state index contributed by atoms with van der Waals surface area (Å²) in [6.07, 6.45) is -3.03. The molecule has 6 nitrogen and oxygen atoms in total. The van der Waals surface area contributed by atoms with E-state index in [0.717, 1.165) is 37.7 Å². The van der Waals surface area contributed by atoms with Crippen molar-refractivity contribution in [2.45, 2.75) is 38.7 Å². The van der Waals surface area contributed by atoms with E-state index in [4.69, 9.17) is 30.9 Å². The molecule has 10 heteroatoms. The second-order valence-electron chi connectivity index (χ2n) is 9.03. The van der Waals surface area contributed by atoms with E-state index in [1.54, 1.807) is 12.1 Å². The van der Waals surface area contributed by atoms with E-state index in [9.17, 15) is 18.0 Å². The van der Waals surface area contributed by atoms with E-state index in [1.807, 2.05) is 12.1 Å². The van der Waals surface area contributed by atoms with Gasteiger partial charge in [0, 0.05) is 18.2 Å². The standard InChI is InChI=1S/C26H27ClF3NO5/c1-16(26(28,29)30)36-23-5-2-17(11-22(23)27)14-34-21-4-3-20-10-18(15-35-24(20)12-21)13-31-8-6-19(7-9-31)25(32)33/h2-5,10-12,16,19H,6-9,13-15H2,1H3,(H,32,33)/t16-/m0/s1. The lowest BCUT2D eigenvalue weighted by Crippen LogP contribution is -2.38. The average molecular weight is 526 g/mol. The third kappa shape index (κ3) is 6.64. The van der Waals surface area contributed by atoms with Crippen molar-refractivity contribution in [2.24, 2.45) is 5.92 Å². The van der Waals surface area contributed by atoms with E-state index < -0.39 is 18.2 Å². The molecule has 194 valence electrons. The highest BCUT2D eigenvalue weighted by Crippen LogP contribution is 2.33. The van der Waals surface area contributed by atoms with Crippen molar-refractivity contribution in [1.82, 2.24) is 4.90 Å². The molecule has 0 aliphatic carbocycles. The van der Waals surface area contributed by atoms with Gasteiger partial charge in [-0.3, -0.25) is 9.69 Å². The van der Waals surface area contributed by atoms with Crippen molar-refractivity contribution < 1.29 is 37.3 Å². The van der Waals surface area contributed by atoms with E-state index in [1.165, 1.54) is 12.1 Å². The maximum atomic E-state index is 12.7. The van der Waals surface area contributed by atoms with Crippen LogP contribution < -0.4 is 14.2 Å². The number of piperidine rings is 1. The van der Waals surface area contributed by atoms with Crippen molar-refractivity contribution in [3.8, 4) is 17.2 Å². The lowest BCUT2D eigenvalue weighted by Gasteiger charge is -2.31. The first-order chi connectivity index (χ1) is 17.1. The molecular weight excluding hydrogens is 499 g/mol. The van der Waals surface area contributed by atoms with Crippen LogP contribution in [0.5, 0.6) is 17.2 Å². The number of hydrogen-bond donors (Lipinski definition) is 1. The molecule has 1 N–H and O–H groups in total. The summed E-state index contributed by atoms with van der Waals surface area (Å²) in [5.74, 6) is 0.275. The fourth-order valence-electron chi connectivity index (χ4n) is 4.15. The minimum absolute atomic E-state index is 0.0405. The fraction of sp³-hybridized carbons (Fsp3) is 0.423. The molecule has 4 rings (SSSR count). The molecule has 0 amide bonds. The summed E-state index contributed by atoms with van der Waals surface area (Å²) in [6, 6.07) is 10.0. The SMILES string of the molecule is C[C@H](Oc1ccc(COc2ccc3c(c2)OCC(CN2CCC(C(=O)O)CC2)=C3)cc1Cl)C(F)(F)F. The molecule has 0 unspecified atom stereocenters. The Kier molecular flexibility index (Phi) is 8.00. The Hall–Kier alpha value is -2.91. The summed E-state index contributed by atoms with van der Waals surface area (Å²) in [4.78, 5) is 13.4. The minimum atomic E-state index is -4.48. The van der Waals surface area contributed by atoms with Crippen molar-refractivity contribution in [2.75, 3.05) is 26.2 Å². The molecule has 0 aromatic heterocycles. The molecule has 0 radical (unpaired) electrons. The van der Waals surface area contributed by atoms with Gasteiger partial charge in [-0.2, -0.15) is 13.2 Å². The molecule has 2 aromatic carbocycles. The van der Waals surface area contributed by atoms with Crippen LogP contribution in [0.3, 0.4) is 0 Å². The predicted octanol–water partition coefficient (Wildman–Crippen LogP) is 5.82. The van der Waals surface area contributed by atoms with Gasteiger partial charge < -0.3 is 19.3 Å². The molecule has 0 bridgehead atoms. The van der Waals surface area contributed by atoms with Gasteiger partial charge in [0.05, 0.1) is 10.9 Å². The van der Waals surface area contributed by atoms with Gasteiger partial charge in [-0.1, -0.05) is 17.7 Å². The number of carbonyl (C=O) groups is 1. The number of nitrogens with zero attached hydrogens (tertiary/aromatic N) is 1. The monoisotopic (exact) mass is 525 g/mol. The van der Waals surface area contributed by atoms with Gasteiger partial charge in [0.1, 0.15) is 30.5 Å². The first kappa shape index (κ1) is 26.2. The zero-order valence-electron chi connectivity index (χ0n) is 19.7. The van der Waals surface area contributed by atoms with E-state index in [0.29, 0.717) is 36.5 Å². The number of aliphatic carboxylic acids is 1. The molecule has 2 aromatic rings. The number of carboxylic acid groups (broad SMARTS) is 1. The molecule has 2 heterocycles. The number of fused-ring (bicyclic) bond motifs is 1. The third-order valence-corrected chi connectivity index (χ3v) is 6.58. The van der Waals surface area contributed by atoms with Crippen molar-refractivity contribution in [3.05, 3.63) is 58.1 Å². The molecule has 1 saturated heterocycles. The number of benzene rings is 2. The van der Waals surface area contributed by atoms with Gasteiger partial charge in [-0.15, -0.1) is 0 Å². The van der Waals surface area contributed by atoms with E-state index >= 15 is 0 Å². The minimum Gasteiger partial charge on any atom is -0.489 e. The topological polar surface area (TPSA) is 68.2 Å². The van der Waals surface area contributed by atoms with Crippen molar-refractivity contribution in [3.63, 3.8) is 0 Å². The van der Waals surface area contributed by atoms with Crippen LogP contribution in [0.4, 0.5) is 13.2 Å². The summed E-state index contributed by atoms with van der Waals surface area (Å²) in [5, 5.41) is 9.23. The second-order valence-corrected chi connectivity index (χ2v) is 9.44. The Labute approximate surface area is 212 Å². The van der Waals surface area contributed by atoms with Crippen LogP contribution in [0.2, 0.25) is 5.02 Å². The summed E-state index contributed by atoms with van der Waals surface area (Å²) in [5.41, 5.74) is 2.74. The average Bonchev–Trinajstić information content (AvgIpc) is 2.84. The Morgan fingerprint density at radius 2 is 1.97 bits per heavy atom. The van der Waals surface area contributed by atoms with Crippen LogP contribution in [0.25, 0.3) is 6.08 Å². The van der Waals surface area contributed by atoms with Gasteiger partial charge in [-0.05, 0) is 74.3 Å². The largest absolute Gasteiger partial charge is 0.489 e. The quantitative estimate of drug-likeness (QED) is 0.468. The molecule has 1 fully saturated rings.